The molecular formula is C16H27BrO2. The molecule has 0 spiro atoms. The second kappa shape index (κ2) is 11.3. The molecule has 2 nitrogen and oxygen atoms in total. The molecule has 0 fully saturated rings. The minimum atomic E-state index is -0.137. The molecular weight excluding hydrogens is 304 g/mol. The minimum absolute atomic E-state index is 0.0993. The standard InChI is InChI=1S/C16H27BrO2/c1-5-9-13(4)12-15(16(18)19-7-3)14(6-2)10-8-11-17/h6,8,10,13,15H,5,7,9,11-12H2,1-4H3/b10-8-,14-6+. The molecule has 0 radical (unpaired) electrons. The van der Waals surface area contributed by atoms with Gasteiger partial charge < -0.3 is 4.74 Å². The third-order valence-corrected chi connectivity index (χ3v) is 3.50. The van der Waals surface area contributed by atoms with Crippen LogP contribution in [0.4, 0.5) is 0 Å². The number of esters is 1. The summed E-state index contributed by atoms with van der Waals surface area (Å²) in [6, 6.07) is 0. The van der Waals surface area contributed by atoms with Gasteiger partial charge in [0.05, 0.1) is 12.5 Å². The van der Waals surface area contributed by atoms with Gasteiger partial charge in [0, 0.05) is 5.33 Å². The van der Waals surface area contributed by atoms with Crippen molar-refractivity contribution in [1.29, 1.82) is 0 Å². The van der Waals surface area contributed by atoms with E-state index in [-0.39, 0.29) is 11.9 Å². The molecule has 0 saturated heterocycles. The summed E-state index contributed by atoms with van der Waals surface area (Å²) >= 11 is 3.37. The highest BCUT2D eigenvalue weighted by Crippen LogP contribution is 2.25. The third-order valence-electron chi connectivity index (χ3n) is 3.13. The number of carbonyl (C=O) groups is 1. The summed E-state index contributed by atoms with van der Waals surface area (Å²) < 4.78 is 5.22. The summed E-state index contributed by atoms with van der Waals surface area (Å²) in [7, 11) is 0. The van der Waals surface area contributed by atoms with Gasteiger partial charge in [0.15, 0.2) is 0 Å². The van der Waals surface area contributed by atoms with Crippen molar-refractivity contribution in [2.45, 2.75) is 47.0 Å². The molecule has 0 aromatic carbocycles. The Labute approximate surface area is 126 Å². The SMILES string of the molecule is C/C=C(\C=C/CBr)C(CC(C)CCC)C(=O)OCC. The molecule has 0 heterocycles. The first kappa shape index (κ1) is 18.4. The third kappa shape index (κ3) is 7.56. The Morgan fingerprint density at radius 2 is 2.05 bits per heavy atom. The number of rotatable bonds is 9. The zero-order valence-corrected chi connectivity index (χ0v) is 14.2. The molecule has 19 heavy (non-hydrogen) atoms. The van der Waals surface area contributed by atoms with Gasteiger partial charge in [0.2, 0.25) is 0 Å². The number of carbonyl (C=O) groups excluding carboxylic acids is 1. The fourth-order valence-electron chi connectivity index (χ4n) is 2.22. The Kier molecular flexibility index (Phi) is 10.9. The van der Waals surface area contributed by atoms with Crippen molar-refractivity contribution in [1.82, 2.24) is 0 Å². The fraction of sp³-hybridized carbons (Fsp3) is 0.688. The molecule has 0 aromatic heterocycles. The molecule has 0 rings (SSSR count). The number of hydrogen-bond donors (Lipinski definition) is 0. The summed E-state index contributed by atoms with van der Waals surface area (Å²) in [6.45, 7) is 8.66. The smallest absolute Gasteiger partial charge is 0.313 e. The first-order valence-corrected chi connectivity index (χ1v) is 8.28. The van der Waals surface area contributed by atoms with Crippen LogP contribution in [-0.4, -0.2) is 17.9 Å². The van der Waals surface area contributed by atoms with Gasteiger partial charge in [-0.2, -0.15) is 0 Å². The van der Waals surface area contributed by atoms with E-state index < -0.39 is 0 Å². The number of hydrogen-bond acceptors (Lipinski definition) is 2. The highest BCUT2D eigenvalue weighted by molar-refractivity contribution is 9.09. The summed E-state index contributed by atoms with van der Waals surface area (Å²) in [5.74, 6) is 0.298. The highest BCUT2D eigenvalue weighted by Gasteiger charge is 2.24. The van der Waals surface area contributed by atoms with Crippen molar-refractivity contribution < 1.29 is 9.53 Å². The Morgan fingerprint density at radius 3 is 2.53 bits per heavy atom. The van der Waals surface area contributed by atoms with Crippen LogP contribution >= 0.6 is 15.9 Å². The van der Waals surface area contributed by atoms with E-state index in [1.807, 2.05) is 32.1 Å². The zero-order chi connectivity index (χ0) is 14.7. The van der Waals surface area contributed by atoms with Gasteiger partial charge in [-0.05, 0) is 31.8 Å². The normalized spacial score (nSPS) is 15.5. The minimum Gasteiger partial charge on any atom is -0.466 e. The molecule has 0 aliphatic rings. The maximum Gasteiger partial charge on any atom is 0.313 e. The lowest BCUT2D eigenvalue weighted by Crippen LogP contribution is -2.21. The van der Waals surface area contributed by atoms with Crippen molar-refractivity contribution in [3.63, 3.8) is 0 Å². The molecule has 0 aliphatic heterocycles. The monoisotopic (exact) mass is 330 g/mol. The second-order valence-corrected chi connectivity index (χ2v) is 5.43. The summed E-state index contributed by atoms with van der Waals surface area (Å²) in [6.07, 6.45) is 9.22. The average Bonchev–Trinajstić information content (AvgIpc) is 2.38. The van der Waals surface area contributed by atoms with E-state index in [1.165, 1.54) is 0 Å². The Hall–Kier alpha value is -0.570. The molecule has 0 saturated carbocycles. The van der Waals surface area contributed by atoms with Crippen molar-refractivity contribution in [3.05, 3.63) is 23.8 Å². The van der Waals surface area contributed by atoms with Crippen LogP contribution in [-0.2, 0) is 9.53 Å². The molecule has 3 heteroatoms. The van der Waals surface area contributed by atoms with Crippen molar-refractivity contribution in [3.8, 4) is 0 Å². The Bertz CT molecular complexity index is 308. The van der Waals surface area contributed by atoms with E-state index in [0.717, 1.165) is 30.2 Å². The van der Waals surface area contributed by atoms with Crippen molar-refractivity contribution in [2.75, 3.05) is 11.9 Å². The second-order valence-electron chi connectivity index (χ2n) is 4.78. The molecule has 0 aliphatic carbocycles. The number of alkyl halides is 1. The largest absolute Gasteiger partial charge is 0.466 e. The van der Waals surface area contributed by atoms with Gasteiger partial charge >= 0.3 is 5.97 Å². The van der Waals surface area contributed by atoms with Crippen molar-refractivity contribution in [2.24, 2.45) is 11.8 Å². The molecule has 110 valence electrons. The van der Waals surface area contributed by atoms with Crippen LogP contribution in [0.3, 0.4) is 0 Å². The van der Waals surface area contributed by atoms with E-state index in [4.69, 9.17) is 4.74 Å². The summed E-state index contributed by atoms with van der Waals surface area (Å²) in [5.41, 5.74) is 1.06. The van der Waals surface area contributed by atoms with Crippen LogP contribution in [0.1, 0.15) is 47.0 Å². The van der Waals surface area contributed by atoms with Gasteiger partial charge in [-0.25, -0.2) is 0 Å². The van der Waals surface area contributed by atoms with Gasteiger partial charge in [0.1, 0.15) is 0 Å². The van der Waals surface area contributed by atoms with E-state index in [9.17, 15) is 4.79 Å². The molecule has 2 unspecified atom stereocenters. The summed E-state index contributed by atoms with van der Waals surface area (Å²) in [4.78, 5) is 12.1. The predicted octanol–water partition coefficient (Wildman–Crippen LogP) is 4.89. The van der Waals surface area contributed by atoms with Crippen LogP contribution in [0.15, 0.2) is 23.8 Å². The predicted molar refractivity (Wildman–Crippen MR) is 85.5 cm³/mol. The van der Waals surface area contributed by atoms with E-state index in [2.05, 4.69) is 29.8 Å². The molecule has 0 amide bonds. The lowest BCUT2D eigenvalue weighted by molar-refractivity contribution is -0.147. The van der Waals surface area contributed by atoms with Gasteiger partial charge in [-0.3, -0.25) is 4.79 Å². The van der Waals surface area contributed by atoms with Crippen LogP contribution < -0.4 is 0 Å². The fourth-order valence-corrected chi connectivity index (χ4v) is 2.41. The number of halogens is 1. The highest BCUT2D eigenvalue weighted by atomic mass is 79.9. The van der Waals surface area contributed by atoms with Crippen LogP contribution in [0.25, 0.3) is 0 Å². The van der Waals surface area contributed by atoms with Gasteiger partial charge in [0.25, 0.3) is 0 Å². The van der Waals surface area contributed by atoms with Gasteiger partial charge in [-0.1, -0.05) is 60.8 Å². The van der Waals surface area contributed by atoms with E-state index in [0.29, 0.717) is 12.5 Å². The zero-order valence-electron chi connectivity index (χ0n) is 12.6. The lowest BCUT2D eigenvalue weighted by atomic mass is 9.87. The number of ether oxygens (including phenoxy) is 1. The van der Waals surface area contributed by atoms with Gasteiger partial charge in [-0.15, -0.1) is 0 Å². The molecule has 2 atom stereocenters. The first-order chi connectivity index (χ1) is 9.10. The summed E-state index contributed by atoms with van der Waals surface area (Å²) in [5, 5.41) is 0.796. The topological polar surface area (TPSA) is 26.3 Å². The molecule has 0 aromatic rings. The van der Waals surface area contributed by atoms with E-state index in [1.54, 1.807) is 0 Å². The van der Waals surface area contributed by atoms with Crippen LogP contribution in [0, 0.1) is 11.8 Å². The maximum atomic E-state index is 12.1. The van der Waals surface area contributed by atoms with E-state index >= 15 is 0 Å². The molecule has 0 bridgehead atoms. The lowest BCUT2D eigenvalue weighted by Gasteiger charge is -2.20. The van der Waals surface area contributed by atoms with Crippen LogP contribution in [0.5, 0.6) is 0 Å². The number of allylic oxidation sites excluding steroid dienone is 3. The maximum absolute atomic E-state index is 12.1. The Balaban J connectivity index is 4.92. The first-order valence-electron chi connectivity index (χ1n) is 7.15. The molecule has 0 N–H and O–H groups in total. The van der Waals surface area contributed by atoms with Crippen LogP contribution in [0.2, 0.25) is 0 Å². The van der Waals surface area contributed by atoms with Crippen molar-refractivity contribution >= 4 is 21.9 Å². The quantitative estimate of drug-likeness (QED) is 0.342. The average molecular weight is 331 g/mol. The Morgan fingerprint density at radius 1 is 1.37 bits per heavy atom.